The molecule has 0 aliphatic carbocycles. The van der Waals surface area contributed by atoms with Gasteiger partial charge in [0.15, 0.2) is 0 Å². The van der Waals surface area contributed by atoms with E-state index >= 15 is 0 Å². The number of pyridine rings is 1. The molecular weight excluding hydrogens is 482 g/mol. The summed E-state index contributed by atoms with van der Waals surface area (Å²) in [4.78, 5) is 4.51. The van der Waals surface area contributed by atoms with Gasteiger partial charge >= 0.3 is 0 Å². The van der Waals surface area contributed by atoms with Gasteiger partial charge in [0.1, 0.15) is 0 Å². The number of hydrogen-bond donors (Lipinski definition) is 0. The van der Waals surface area contributed by atoms with E-state index in [2.05, 4.69) is 77.8 Å². The lowest BCUT2D eigenvalue weighted by Gasteiger charge is -2.18. The van der Waals surface area contributed by atoms with Crippen molar-refractivity contribution in [1.82, 2.24) is 4.98 Å². The third-order valence-corrected chi connectivity index (χ3v) is 7.79. The molecule has 0 fully saturated rings. The lowest BCUT2D eigenvalue weighted by Crippen LogP contribution is -1.91. The molecule has 0 radical (unpaired) electrons. The Balaban J connectivity index is 1.34. The molecule has 8 aromatic rings. The van der Waals surface area contributed by atoms with Crippen molar-refractivity contribution < 1.29 is 6.85 Å². The Hall–Kier alpha value is -5.27. The smallest absolute Gasteiger partial charge is 0.0701 e. The third kappa shape index (κ3) is 3.67. The summed E-state index contributed by atoms with van der Waals surface area (Å²) in [6.07, 6.45) is 1.81. The van der Waals surface area contributed by atoms with Crippen molar-refractivity contribution >= 4 is 32.3 Å². The molecule has 1 aromatic heterocycles. The second-order valence-corrected chi connectivity index (χ2v) is 10.0. The zero-order chi connectivity index (χ0) is 30.8. The second-order valence-electron chi connectivity index (χ2n) is 10.0. The minimum atomic E-state index is -0.389. The van der Waals surface area contributed by atoms with Crippen LogP contribution in [0, 0.1) is 0 Å². The molecule has 0 spiro atoms. The van der Waals surface area contributed by atoms with Crippen LogP contribution in [0.3, 0.4) is 0 Å². The van der Waals surface area contributed by atoms with E-state index in [1.54, 1.807) is 6.20 Å². The van der Waals surface area contributed by atoms with Crippen LogP contribution in [0.2, 0.25) is 0 Å². The molecule has 1 heteroatoms. The molecule has 186 valence electrons. The van der Waals surface area contributed by atoms with Crippen molar-refractivity contribution in [3.05, 3.63) is 152 Å². The Kier molecular flexibility index (Phi) is 4.15. The summed E-state index contributed by atoms with van der Waals surface area (Å²) in [5.74, 6) is 0. The normalized spacial score (nSPS) is 13.2. The van der Waals surface area contributed by atoms with Crippen LogP contribution in [0.5, 0.6) is 0 Å². The van der Waals surface area contributed by atoms with Gasteiger partial charge in [-0.1, -0.05) is 127 Å². The van der Waals surface area contributed by atoms with Crippen LogP contribution in [-0.2, 0) is 0 Å². The summed E-state index contributed by atoms with van der Waals surface area (Å²) in [7, 11) is 0. The molecule has 0 saturated carbocycles. The van der Waals surface area contributed by atoms with Crippen molar-refractivity contribution in [2.75, 3.05) is 0 Å². The minimum absolute atomic E-state index is 0.201. The minimum Gasteiger partial charge on any atom is -0.256 e. The summed E-state index contributed by atoms with van der Waals surface area (Å²) >= 11 is 0. The predicted octanol–water partition coefficient (Wildman–Crippen LogP) is 10.6. The van der Waals surface area contributed by atoms with Crippen LogP contribution in [-0.4, -0.2) is 4.98 Å². The molecule has 1 heterocycles. The Morgan fingerprint density at radius 3 is 1.65 bits per heavy atom. The van der Waals surface area contributed by atoms with Gasteiger partial charge in [0, 0.05) is 11.8 Å². The molecule has 0 aliphatic rings. The molecule has 0 saturated heterocycles. The van der Waals surface area contributed by atoms with Gasteiger partial charge in [-0.25, -0.2) is 0 Å². The van der Waals surface area contributed by atoms with E-state index < -0.39 is 0 Å². The number of aromatic nitrogens is 1. The van der Waals surface area contributed by atoms with Crippen molar-refractivity contribution in [3.63, 3.8) is 0 Å². The summed E-state index contributed by atoms with van der Waals surface area (Å²) in [5, 5.41) is 7.14. The molecule has 7 aromatic carbocycles. The average molecular weight is 513 g/mol. The van der Waals surface area contributed by atoms with E-state index in [0.29, 0.717) is 5.56 Å². The van der Waals surface area contributed by atoms with E-state index in [1.165, 1.54) is 26.9 Å². The SMILES string of the molecule is [2H]c1c([2H])c([2H])c(-c2ccc(-c3cc(-c4ccc(-c5ccccn5)cc4)c4ccc5cccc6ccc3c4c56)cc2)c([2H])c1[2H]. The lowest BCUT2D eigenvalue weighted by molar-refractivity contribution is 1.33. The second kappa shape index (κ2) is 9.18. The first-order valence-electron chi connectivity index (χ1n) is 15.8. The fourth-order valence-electron chi connectivity index (χ4n) is 5.87. The van der Waals surface area contributed by atoms with Crippen LogP contribution in [0.25, 0.3) is 77.0 Å². The van der Waals surface area contributed by atoms with Gasteiger partial charge < -0.3 is 0 Å². The molecule has 0 bridgehead atoms. The highest BCUT2D eigenvalue weighted by Crippen LogP contribution is 2.44. The molecule has 1 nitrogen and oxygen atoms in total. The standard InChI is InChI=1S/C39H25N/c1-2-7-26(8-3-1)27-12-14-28(15-13-27)35-25-36(29-16-18-30(19-17-29)37-11-4-5-24-40-37)34-23-21-32-10-6-9-31-20-22-33(35)39(34)38(31)32/h1-25H/i1D,2D,3D,7D,8D. The highest BCUT2D eigenvalue weighted by atomic mass is 14.7. The first kappa shape index (κ1) is 18.1. The molecular formula is C39H25N. The zero-order valence-corrected chi connectivity index (χ0v) is 21.5. The van der Waals surface area contributed by atoms with Crippen LogP contribution in [0.1, 0.15) is 6.85 Å². The third-order valence-electron chi connectivity index (χ3n) is 7.79. The van der Waals surface area contributed by atoms with Crippen molar-refractivity contribution in [1.29, 1.82) is 0 Å². The first-order chi connectivity index (χ1) is 21.9. The summed E-state index contributed by atoms with van der Waals surface area (Å²) < 4.78 is 41.1. The quantitative estimate of drug-likeness (QED) is 0.214. The van der Waals surface area contributed by atoms with Crippen LogP contribution < -0.4 is 0 Å². The lowest BCUT2D eigenvalue weighted by atomic mass is 9.85. The summed E-state index contributed by atoms with van der Waals surface area (Å²) in [6, 6.07) is 38.1. The fraction of sp³-hybridized carbons (Fsp3) is 0. The molecule has 0 N–H and O–H groups in total. The van der Waals surface area contributed by atoms with E-state index in [0.717, 1.165) is 38.9 Å². The van der Waals surface area contributed by atoms with E-state index in [9.17, 15) is 0 Å². The number of nitrogens with zero attached hydrogens (tertiary/aromatic N) is 1. The van der Waals surface area contributed by atoms with E-state index in [1.807, 2.05) is 42.5 Å². The molecule has 0 amide bonds. The monoisotopic (exact) mass is 512 g/mol. The highest BCUT2D eigenvalue weighted by Gasteiger charge is 2.17. The van der Waals surface area contributed by atoms with Crippen molar-refractivity contribution in [3.8, 4) is 44.6 Å². The zero-order valence-electron chi connectivity index (χ0n) is 26.5. The van der Waals surface area contributed by atoms with Gasteiger partial charge in [0.05, 0.1) is 12.5 Å². The maximum absolute atomic E-state index is 8.44. The first-order valence-corrected chi connectivity index (χ1v) is 13.3. The number of rotatable bonds is 4. The number of benzene rings is 7. The maximum Gasteiger partial charge on any atom is 0.0701 e. The van der Waals surface area contributed by atoms with Gasteiger partial charge in [0.2, 0.25) is 0 Å². The maximum atomic E-state index is 8.44. The summed E-state index contributed by atoms with van der Waals surface area (Å²) in [6.45, 7) is 0. The van der Waals surface area contributed by atoms with E-state index in [-0.39, 0.29) is 35.8 Å². The molecule has 0 aliphatic heterocycles. The fourth-order valence-corrected chi connectivity index (χ4v) is 5.87. The Morgan fingerprint density at radius 2 is 1.05 bits per heavy atom. The van der Waals surface area contributed by atoms with Gasteiger partial charge in [-0.3, -0.25) is 4.98 Å². The van der Waals surface area contributed by atoms with Gasteiger partial charge in [-0.2, -0.15) is 0 Å². The Bertz CT molecular complexity index is 2360. The topological polar surface area (TPSA) is 12.9 Å². The Morgan fingerprint density at radius 1 is 0.450 bits per heavy atom. The molecule has 0 unspecified atom stereocenters. The van der Waals surface area contributed by atoms with Crippen molar-refractivity contribution in [2.45, 2.75) is 0 Å². The van der Waals surface area contributed by atoms with Crippen LogP contribution in [0.15, 0.2) is 152 Å². The average Bonchev–Trinajstić information content (AvgIpc) is 3.09. The Labute approximate surface area is 240 Å². The van der Waals surface area contributed by atoms with Gasteiger partial charge in [-0.15, -0.1) is 0 Å². The predicted molar refractivity (Wildman–Crippen MR) is 170 cm³/mol. The summed E-state index contributed by atoms with van der Waals surface area (Å²) in [5.41, 5.74) is 7.05. The van der Waals surface area contributed by atoms with Crippen LogP contribution >= 0.6 is 0 Å². The molecule has 8 rings (SSSR count). The largest absolute Gasteiger partial charge is 0.256 e. The van der Waals surface area contributed by atoms with Crippen molar-refractivity contribution in [2.24, 2.45) is 0 Å². The highest BCUT2D eigenvalue weighted by molar-refractivity contribution is 6.28. The molecule has 0 atom stereocenters. The van der Waals surface area contributed by atoms with E-state index in [4.69, 9.17) is 6.85 Å². The number of hydrogen-bond acceptors (Lipinski definition) is 1. The van der Waals surface area contributed by atoms with Gasteiger partial charge in [0.25, 0.3) is 0 Å². The molecule has 40 heavy (non-hydrogen) atoms. The van der Waals surface area contributed by atoms with Gasteiger partial charge in [-0.05, 0) is 83.9 Å². The van der Waals surface area contributed by atoms with Crippen LogP contribution in [0.4, 0.5) is 0 Å².